The number of hydrogen-bond acceptors (Lipinski definition) is 8. The van der Waals surface area contributed by atoms with Gasteiger partial charge in [0.05, 0.1) is 5.52 Å². The number of fused-ring (bicyclic) bond motifs is 4. The monoisotopic (exact) mass is 530 g/mol. The summed E-state index contributed by atoms with van der Waals surface area (Å²) in [4.78, 5) is 19.3. The van der Waals surface area contributed by atoms with Crippen LogP contribution in [0.1, 0.15) is 25.7 Å². The molecule has 0 spiro atoms. The number of aromatic hydroxyl groups is 1. The summed E-state index contributed by atoms with van der Waals surface area (Å²) in [6.45, 7) is 3.44. The molecule has 9 heteroatoms. The van der Waals surface area contributed by atoms with Gasteiger partial charge in [-0.1, -0.05) is 23.7 Å². The van der Waals surface area contributed by atoms with Crippen LogP contribution in [0, 0.1) is 0 Å². The zero-order valence-corrected chi connectivity index (χ0v) is 22.2. The van der Waals surface area contributed by atoms with Gasteiger partial charge in [-0.25, -0.2) is 0 Å². The maximum atomic E-state index is 10.5. The van der Waals surface area contributed by atoms with Crippen molar-refractivity contribution in [1.29, 1.82) is 0 Å². The number of rotatable bonds is 5. The molecule has 3 fully saturated rings. The topological polar surface area (TPSA) is 86.6 Å². The highest BCUT2D eigenvalue weighted by Gasteiger charge is 2.34. The normalized spacial score (nSPS) is 23.5. The Morgan fingerprint density at radius 1 is 1.11 bits per heavy atom. The molecule has 3 saturated heterocycles. The molecule has 3 aliphatic heterocycles. The Labute approximate surface area is 226 Å². The first kappa shape index (κ1) is 23.9. The number of nitrogens with one attached hydrogen (secondary N) is 1. The predicted octanol–water partition coefficient (Wildman–Crippen LogP) is 4.62. The molecular weight excluding hydrogens is 500 g/mol. The first-order valence-electron chi connectivity index (χ1n) is 13.5. The quantitative estimate of drug-likeness (QED) is 0.386. The van der Waals surface area contributed by atoms with Gasteiger partial charge in [-0.15, -0.1) is 0 Å². The maximum Gasteiger partial charge on any atom is 0.319 e. The fraction of sp³-hybridized carbons (Fsp3) is 0.414. The lowest BCUT2D eigenvalue weighted by molar-refractivity contribution is 0.188. The summed E-state index contributed by atoms with van der Waals surface area (Å²) in [6, 6.07) is 12.9. The number of pyridine rings is 1. The lowest BCUT2D eigenvalue weighted by Crippen LogP contribution is -2.51. The van der Waals surface area contributed by atoms with E-state index in [9.17, 15) is 5.11 Å². The molecule has 0 amide bonds. The number of aromatic nitrogens is 3. The number of anilines is 1. The molecule has 2 aromatic carbocycles. The molecule has 2 N–H and O–H groups in total. The minimum Gasteiger partial charge on any atom is -0.508 e. The van der Waals surface area contributed by atoms with Gasteiger partial charge in [0.15, 0.2) is 5.82 Å². The molecule has 2 bridgehead atoms. The van der Waals surface area contributed by atoms with Crippen molar-refractivity contribution < 1.29 is 9.84 Å². The van der Waals surface area contributed by atoms with Crippen LogP contribution in [0.15, 0.2) is 42.6 Å². The zero-order chi connectivity index (χ0) is 25.8. The van der Waals surface area contributed by atoms with E-state index in [0.717, 1.165) is 64.8 Å². The second-order valence-electron chi connectivity index (χ2n) is 10.9. The van der Waals surface area contributed by atoms with Crippen molar-refractivity contribution in [3.8, 4) is 22.9 Å². The molecule has 3 unspecified atom stereocenters. The molecule has 0 saturated carbocycles. The number of benzene rings is 2. The highest BCUT2D eigenvalue weighted by molar-refractivity contribution is 6.36. The van der Waals surface area contributed by atoms with Crippen LogP contribution in [-0.2, 0) is 0 Å². The van der Waals surface area contributed by atoms with Crippen LogP contribution in [0.4, 0.5) is 5.82 Å². The first-order chi connectivity index (χ1) is 18.5. The van der Waals surface area contributed by atoms with Crippen molar-refractivity contribution in [3.63, 3.8) is 0 Å². The fourth-order valence-electron chi connectivity index (χ4n) is 6.34. The van der Waals surface area contributed by atoms with Crippen molar-refractivity contribution >= 4 is 39.2 Å². The Morgan fingerprint density at radius 3 is 2.74 bits per heavy atom. The van der Waals surface area contributed by atoms with Gasteiger partial charge in [0, 0.05) is 53.4 Å². The van der Waals surface area contributed by atoms with E-state index in [-0.39, 0.29) is 5.75 Å². The van der Waals surface area contributed by atoms with Crippen molar-refractivity contribution in [2.45, 2.75) is 43.8 Å². The van der Waals surface area contributed by atoms with Gasteiger partial charge >= 0.3 is 6.01 Å². The van der Waals surface area contributed by atoms with Crippen molar-refractivity contribution in [3.05, 3.63) is 47.6 Å². The summed E-state index contributed by atoms with van der Waals surface area (Å²) in [6.07, 6.45) is 6.51. The molecular formula is C29H31ClN6O2. The average Bonchev–Trinajstić information content (AvgIpc) is 3.49. The molecule has 3 atom stereocenters. The van der Waals surface area contributed by atoms with Gasteiger partial charge < -0.3 is 25.0 Å². The Bertz CT molecular complexity index is 1520. The molecule has 38 heavy (non-hydrogen) atoms. The van der Waals surface area contributed by atoms with Crippen molar-refractivity contribution in [2.75, 3.05) is 38.2 Å². The number of nitrogens with zero attached hydrogens (tertiary/aromatic N) is 5. The molecule has 7 rings (SSSR count). The van der Waals surface area contributed by atoms with E-state index < -0.39 is 0 Å². The van der Waals surface area contributed by atoms with Crippen LogP contribution in [0.2, 0.25) is 5.02 Å². The number of phenolic OH excluding ortho intramolecular Hbond substituents is 1. The summed E-state index contributed by atoms with van der Waals surface area (Å²) in [5, 5.41) is 16.5. The number of likely N-dealkylation sites (tertiary alicyclic amines) is 1. The van der Waals surface area contributed by atoms with Crippen LogP contribution < -0.4 is 15.0 Å². The average molecular weight is 531 g/mol. The highest BCUT2D eigenvalue weighted by Crippen LogP contribution is 2.38. The largest absolute Gasteiger partial charge is 0.508 e. The molecule has 0 aliphatic carbocycles. The van der Waals surface area contributed by atoms with Crippen LogP contribution >= 0.6 is 11.6 Å². The Balaban J connectivity index is 1.33. The summed E-state index contributed by atoms with van der Waals surface area (Å²) in [5.74, 6) is 1.01. The minimum atomic E-state index is 0.180. The number of likely N-dealkylation sites (N-methyl/N-ethyl adjacent to an activating group) is 1. The van der Waals surface area contributed by atoms with Gasteiger partial charge in [-0.3, -0.25) is 4.98 Å². The third-order valence-electron chi connectivity index (χ3n) is 8.31. The lowest BCUT2D eigenvalue weighted by atomic mass is 9.98. The number of ether oxygens (including phenoxy) is 1. The molecule has 8 nitrogen and oxygen atoms in total. The molecule has 3 aliphatic rings. The smallest absolute Gasteiger partial charge is 0.319 e. The summed E-state index contributed by atoms with van der Waals surface area (Å²) >= 11 is 6.62. The fourth-order valence-corrected chi connectivity index (χ4v) is 6.62. The Hall–Kier alpha value is -3.20. The van der Waals surface area contributed by atoms with Crippen LogP contribution in [0.3, 0.4) is 0 Å². The molecule has 2 aromatic heterocycles. The van der Waals surface area contributed by atoms with E-state index >= 15 is 0 Å². The second-order valence-corrected chi connectivity index (χ2v) is 11.3. The van der Waals surface area contributed by atoms with E-state index in [0.29, 0.717) is 35.8 Å². The molecule has 4 aromatic rings. The molecule has 196 valence electrons. The SMILES string of the molecule is CN1CCCC1COc1nc(N2CC3CCC(C2)N3)c2ncc(-c3cc(O)cc4cccc(Cl)c34)cc2n1. The van der Waals surface area contributed by atoms with Crippen LogP contribution in [0.5, 0.6) is 11.8 Å². The number of piperazine rings is 1. The minimum absolute atomic E-state index is 0.180. The number of halogens is 1. The van der Waals surface area contributed by atoms with Gasteiger partial charge in [0.25, 0.3) is 0 Å². The second kappa shape index (κ2) is 9.52. The third-order valence-corrected chi connectivity index (χ3v) is 8.63. The van der Waals surface area contributed by atoms with E-state index in [2.05, 4.69) is 22.2 Å². The van der Waals surface area contributed by atoms with Gasteiger partial charge in [-0.05, 0) is 74.5 Å². The van der Waals surface area contributed by atoms with Crippen molar-refractivity contribution in [2.24, 2.45) is 0 Å². The van der Waals surface area contributed by atoms with Gasteiger partial charge in [0.1, 0.15) is 17.9 Å². The molecule has 5 heterocycles. The van der Waals surface area contributed by atoms with Gasteiger partial charge in [0.2, 0.25) is 0 Å². The Morgan fingerprint density at radius 2 is 1.95 bits per heavy atom. The predicted molar refractivity (Wildman–Crippen MR) is 150 cm³/mol. The Kier molecular flexibility index (Phi) is 5.98. The van der Waals surface area contributed by atoms with Crippen molar-refractivity contribution in [1.82, 2.24) is 25.2 Å². The first-order valence-corrected chi connectivity index (χ1v) is 13.8. The third kappa shape index (κ3) is 4.30. The van der Waals surface area contributed by atoms with Gasteiger partial charge in [-0.2, -0.15) is 9.97 Å². The molecule has 0 radical (unpaired) electrons. The standard InChI is InChI=1S/C29H31ClN6O2/c1-35-9-3-5-21(35)16-38-29-33-25-11-18(23-12-22(37)10-17-4-2-6-24(30)26(17)23)13-31-27(25)28(34-29)36-14-19-7-8-20(15-36)32-19/h2,4,6,10-13,19-21,32,37H,3,5,7-9,14-16H2,1H3. The summed E-state index contributed by atoms with van der Waals surface area (Å²) in [7, 11) is 2.14. The zero-order valence-electron chi connectivity index (χ0n) is 21.4. The number of hydrogen-bond donors (Lipinski definition) is 2. The van der Waals surface area contributed by atoms with E-state index in [4.69, 9.17) is 31.3 Å². The van der Waals surface area contributed by atoms with E-state index in [1.807, 2.05) is 30.5 Å². The maximum absolute atomic E-state index is 10.5. The van der Waals surface area contributed by atoms with E-state index in [1.165, 1.54) is 19.3 Å². The lowest BCUT2D eigenvalue weighted by Gasteiger charge is -2.34. The summed E-state index contributed by atoms with van der Waals surface area (Å²) < 4.78 is 6.23. The number of phenols is 1. The highest BCUT2D eigenvalue weighted by atomic mass is 35.5. The van der Waals surface area contributed by atoms with Crippen LogP contribution in [-0.4, -0.2) is 76.4 Å². The van der Waals surface area contributed by atoms with Crippen LogP contribution in [0.25, 0.3) is 32.9 Å². The summed E-state index contributed by atoms with van der Waals surface area (Å²) in [5.41, 5.74) is 3.13. The van der Waals surface area contributed by atoms with E-state index in [1.54, 1.807) is 12.1 Å².